The second-order valence-electron chi connectivity index (χ2n) is 10.7. The highest BCUT2D eigenvalue weighted by Crippen LogP contribution is 2.41. The largest absolute Gasteiger partial charge is 0.497 e. The summed E-state index contributed by atoms with van der Waals surface area (Å²) in [5.74, 6) is 1.76. The van der Waals surface area contributed by atoms with Crippen LogP contribution in [-0.4, -0.2) is 79.3 Å². The standard InChI is InChI=1S/C31H37N5O2/c1-34(2)22-13-15-35(16-14-22)23-8-6-9-24(18-23)36-31-27-19-26(38-4)11-12-29(27)32-20-28(31)30(33-36)21-7-5-10-25(17-21)37-3/h5-8,10-12,17-20,22,24,27,29H,9,13-16H2,1-4H3. The monoisotopic (exact) mass is 511 g/mol. The molecule has 1 aromatic heterocycles. The predicted molar refractivity (Wildman–Crippen MR) is 152 cm³/mol. The highest BCUT2D eigenvalue weighted by Gasteiger charge is 2.35. The number of fused-ring (bicyclic) bond motifs is 3. The Morgan fingerprint density at radius 2 is 1.87 bits per heavy atom. The van der Waals surface area contributed by atoms with Crippen molar-refractivity contribution in [2.45, 2.75) is 43.3 Å². The van der Waals surface area contributed by atoms with Crippen molar-refractivity contribution in [1.29, 1.82) is 0 Å². The Morgan fingerprint density at radius 1 is 1.03 bits per heavy atom. The quantitative estimate of drug-likeness (QED) is 0.549. The van der Waals surface area contributed by atoms with Crippen molar-refractivity contribution in [1.82, 2.24) is 19.6 Å². The summed E-state index contributed by atoms with van der Waals surface area (Å²) in [6.45, 7) is 2.17. The number of methoxy groups -OCH3 is 2. The Bertz CT molecular complexity index is 1340. The number of aliphatic imine (C=N–C) groups is 1. The summed E-state index contributed by atoms with van der Waals surface area (Å²) in [5.41, 5.74) is 5.57. The van der Waals surface area contributed by atoms with Crippen LogP contribution >= 0.6 is 0 Å². The third-order valence-corrected chi connectivity index (χ3v) is 8.33. The van der Waals surface area contributed by atoms with Crippen LogP contribution in [0.25, 0.3) is 11.3 Å². The van der Waals surface area contributed by atoms with Crippen molar-refractivity contribution in [3.8, 4) is 17.0 Å². The van der Waals surface area contributed by atoms with E-state index in [1.54, 1.807) is 14.2 Å². The molecular formula is C31H37N5O2. The molecule has 2 aliphatic carbocycles. The van der Waals surface area contributed by atoms with Gasteiger partial charge in [0.15, 0.2) is 0 Å². The molecule has 3 atom stereocenters. The molecule has 4 aliphatic rings. The van der Waals surface area contributed by atoms with Gasteiger partial charge < -0.3 is 19.3 Å². The zero-order valence-electron chi connectivity index (χ0n) is 22.7. The molecule has 2 aliphatic heterocycles. The molecule has 2 aromatic rings. The first kappa shape index (κ1) is 24.7. The predicted octanol–water partition coefficient (Wildman–Crippen LogP) is 4.95. The topological polar surface area (TPSA) is 55.1 Å². The van der Waals surface area contributed by atoms with Crippen LogP contribution in [0.5, 0.6) is 5.75 Å². The molecule has 38 heavy (non-hydrogen) atoms. The number of allylic oxidation sites excluding steroid dienone is 4. The van der Waals surface area contributed by atoms with Gasteiger partial charge in [-0.3, -0.25) is 9.67 Å². The maximum absolute atomic E-state index is 5.63. The first-order valence-corrected chi connectivity index (χ1v) is 13.6. The van der Waals surface area contributed by atoms with Gasteiger partial charge in [-0.05, 0) is 69.8 Å². The van der Waals surface area contributed by atoms with Crippen molar-refractivity contribution in [2.24, 2.45) is 4.99 Å². The third kappa shape index (κ3) is 4.49. The number of aromatic nitrogens is 2. The highest BCUT2D eigenvalue weighted by atomic mass is 16.5. The van der Waals surface area contributed by atoms with Gasteiger partial charge in [0, 0.05) is 48.1 Å². The Morgan fingerprint density at radius 3 is 2.63 bits per heavy atom. The summed E-state index contributed by atoms with van der Waals surface area (Å²) in [4.78, 5) is 9.82. The van der Waals surface area contributed by atoms with Crippen LogP contribution in [0.3, 0.4) is 0 Å². The Balaban J connectivity index is 1.41. The number of piperidine rings is 1. The fourth-order valence-corrected chi connectivity index (χ4v) is 6.15. The third-order valence-electron chi connectivity index (χ3n) is 8.33. The van der Waals surface area contributed by atoms with Crippen LogP contribution in [-0.2, 0) is 4.74 Å². The lowest BCUT2D eigenvalue weighted by Crippen LogP contribution is -2.41. The molecule has 0 bridgehead atoms. The zero-order valence-corrected chi connectivity index (χ0v) is 22.7. The van der Waals surface area contributed by atoms with Gasteiger partial charge in [-0.25, -0.2) is 0 Å². The van der Waals surface area contributed by atoms with E-state index in [1.807, 2.05) is 24.4 Å². The van der Waals surface area contributed by atoms with E-state index < -0.39 is 0 Å². The number of hydrogen-bond donors (Lipinski definition) is 0. The summed E-state index contributed by atoms with van der Waals surface area (Å²) in [6, 6.07) is 8.99. The fourth-order valence-electron chi connectivity index (χ4n) is 6.15. The number of ether oxygens (including phenoxy) is 2. The van der Waals surface area contributed by atoms with Gasteiger partial charge in [0.1, 0.15) is 17.2 Å². The summed E-state index contributed by atoms with van der Waals surface area (Å²) < 4.78 is 13.4. The Hall–Kier alpha value is -3.58. The minimum atomic E-state index is 0.0441. The van der Waals surface area contributed by atoms with Crippen LogP contribution in [0.2, 0.25) is 0 Å². The van der Waals surface area contributed by atoms with Gasteiger partial charge in [0.05, 0.1) is 32.0 Å². The molecule has 0 radical (unpaired) electrons. The summed E-state index contributed by atoms with van der Waals surface area (Å²) >= 11 is 0. The molecular weight excluding hydrogens is 474 g/mol. The number of likely N-dealkylation sites (tertiary alicyclic amines) is 1. The van der Waals surface area contributed by atoms with E-state index in [4.69, 9.17) is 19.6 Å². The normalized spacial score (nSPS) is 24.7. The lowest BCUT2D eigenvalue weighted by Gasteiger charge is -2.38. The average molecular weight is 512 g/mol. The van der Waals surface area contributed by atoms with Crippen LogP contribution in [0.15, 0.2) is 77.2 Å². The van der Waals surface area contributed by atoms with E-state index in [0.29, 0.717) is 6.04 Å². The average Bonchev–Trinajstić information content (AvgIpc) is 3.37. The molecule has 3 heterocycles. The molecule has 198 valence electrons. The molecule has 1 aromatic carbocycles. The maximum Gasteiger partial charge on any atom is 0.119 e. The number of rotatable bonds is 6. The second-order valence-corrected chi connectivity index (χ2v) is 10.7. The molecule has 1 saturated heterocycles. The van der Waals surface area contributed by atoms with E-state index in [-0.39, 0.29) is 18.0 Å². The Kier molecular flexibility index (Phi) is 6.70. The van der Waals surface area contributed by atoms with E-state index in [0.717, 1.165) is 47.8 Å². The van der Waals surface area contributed by atoms with Gasteiger partial charge in [0.2, 0.25) is 0 Å². The molecule has 0 spiro atoms. The smallest absolute Gasteiger partial charge is 0.119 e. The van der Waals surface area contributed by atoms with Crippen molar-refractivity contribution in [3.05, 3.63) is 83.4 Å². The van der Waals surface area contributed by atoms with Gasteiger partial charge >= 0.3 is 0 Å². The minimum absolute atomic E-state index is 0.0441. The van der Waals surface area contributed by atoms with E-state index in [1.165, 1.54) is 24.2 Å². The van der Waals surface area contributed by atoms with Crippen LogP contribution in [0.4, 0.5) is 0 Å². The summed E-state index contributed by atoms with van der Waals surface area (Å²) in [6.07, 6.45) is 18.7. The first-order chi connectivity index (χ1) is 18.6. The lowest BCUT2D eigenvalue weighted by atomic mass is 9.86. The molecule has 7 nitrogen and oxygen atoms in total. The van der Waals surface area contributed by atoms with Crippen LogP contribution < -0.4 is 4.74 Å². The van der Waals surface area contributed by atoms with Gasteiger partial charge in [-0.2, -0.15) is 5.10 Å². The van der Waals surface area contributed by atoms with Crippen molar-refractivity contribution in [2.75, 3.05) is 41.4 Å². The number of nitrogens with zero attached hydrogens (tertiary/aromatic N) is 5. The van der Waals surface area contributed by atoms with E-state index in [2.05, 4.69) is 71.1 Å². The molecule has 7 heteroatoms. The lowest BCUT2D eigenvalue weighted by molar-refractivity contribution is 0.172. The molecule has 0 saturated carbocycles. The second kappa shape index (κ2) is 10.3. The summed E-state index contributed by atoms with van der Waals surface area (Å²) in [7, 11) is 7.81. The zero-order chi connectivity index (χ0) is 26.2. The minimum Gasteiger partial charge on any atom is -0.497 e. The SMILES string of the molecule is COC1=CC2c3c(c(-c4cccc(OC)c4)nn3C3C=C(N4CCC(N(C)C)CC4)C=CC3)C=NC2C=C1. The van der Waals surface area contributed by atoms with Crippen molar-refractivity contribution < 1.29 is 9.47 Å². The van der Waals surface area contributed by atoms with Crippen molar-refractivity contribution >= 4 is 6.21 Å². The molecule has 0 N–H and O–H groups in total. The molecule has 0 amide bonds. The van der Waals surface area contributed by atoms with Gasteiger partial charge in [0.25, 0.3) is 0 Å². The van der Waals surface area contributed by atoms with Crippen LogP contribution in [0, 0.1) is 0 Å². The maximum atomic E-state index is 5.63. The number of hydrogen-bond acceptors (Lipinski definition) is 6. The Labute approximate surface area is 225 Å². The van der Waals surface area contributed by atoms with Gasteiger partial charge in [-0.1, -0.05) is 24.3 Å². The fraction of sp³-hybridized carbons (Fsp3) is 0.419. The van der Waals surface area contributed by atoms with Crippen LogP contribution in [0.1, 0.15) is 42.5 Å². The van der Waals surface area contributed by atoms with E-state index >= 15 is 0 Å². The highest BCUT2D eigenvalue weighted by molar-refractivity contribution is 5.92. The number of benzene rings is 1. The summed E-state index contributed by atoms with van der Waals surface area (Å²) in [5, 5.41) is 5.29. The molecule has 6 rings (SSSR count). The van der Waals surface area contributed by atoms with Crippen molar-refractivity contribution in [3.63, 3.8) is 0 Å². The van der Waals surface area contributed by atoms with E-state index in [9.17, 15) is 0 Å². The molecule has 1 fully saturated rings. The van der Waals surface area contributed by atoms with Gasteiger partial charge in [-0.15, -0.1) is 0 Å². The molecule has 3 unspecified atom stereocenters. The first-order valence-electron chi connectivity index (χ1n) is 13.6.